The highest BCUT2D eigenvalue weighted by Crippen LogP contribution is 2.16. The van der Waals surface area contributed by atoms with Crippen LogP contribution in [0.4, 0.5) is 0 Å². The van der Waals surface area contributed by atoms with Crippen molar-refractivity contribution in [3.05, 3.63) is 0 Å². The fourth-order valence-electron chi connectivity index (χ4n) is 0.846. The standard InChI is InChI=1S/C5H11NOS/c1-7-8-5-2-3-6-4-5/h5-6H,2-4H2,1H3. The summed E-state index contributed by atoms with van der Waals surface area (Å²) in [5, 5.41) is 3.95. The summed E-state index contributed by atoms with van der Waals surface area (Å²) in [5.74, 6) is 0. The number of hydrogen-bond acceptors (Lipinski definition) is 3. The first-order valence-corrected chi connectivity index (χ1v) is 3.64. The molecule has 8 heavy (non-hydrogen) atoms. The molecule has 0 aromatic rings. The molecule has 1 N–H and O–H groups in total. The SMILES string of the molecule is COSC1CCNC1. The molecule has 0 radical (unpaired) electrons. The Morgan fingerprint density at radius 3 is 3.12 bits per heavy atom. The van der Waals surface area contributed by atoms with E-state index in [1.54, 1.807) is 19.2 Å². The van der Waals surface area contributed by atoms with Crippen molar-refractivity contribution < 1.29 is 4.18 Å². The van der Waals surface area contributed by atoms with Crippen LogP contribution in [0.15, 0.2) is 0 Å². The average Bonchev–Trinajstić information content (AvgIpc) is 2.19. The molecule has 1 saturated heterocycles. The summed E-state index contributed by atoms with van der Waals surface area (Å²) in [7, 11) is 1.73. The molecular formula is C5H11NOS. The van der Waals surface area contributed by atoms with E-state index >= 15 is 0 Å². The van der Waals surface area contributed by atoms with Crippen molar-refractivity contribution >= 4 is 12.0 Å². The minimum atomic E-state index is 0.694. The van der Waals surface area contributed by atoms with Gasteiger partial charge in [0.2, 0.25) is 0 Å². The molecule has 0 aromatic carbocycles. The molecule has 1 atom stereocenters. The summed E-state index contributed by atoms with van der Waals surface area (Å²) in [5.41, 5.74) is 0. The molecule has 1 aliphatic rings. The van der Waals surface area contributed by atoms with Gasteiger partial charge in [0.25, 0.3) is 0 Å². The minimum Gasteiger partial charge on any atom is -0.318 e. The maximum atomic E-state index is 4.90. The molecule has 0 aliphatic carbocycles. The molecule has 2 nitrogen and oxygen atoms in total. The lowest BCUT2D eigenvalue weighted by atomic mass is 10.4. The highest BCUT2D eigenvalue weighted by molar-refractivity contribution is 7.95. The molecule has 1 rings (SSSR count). The van der Waals surface area contributed by atoms with Crippen LogP contribution in [-0.4, -0.2) is 25.4 Å². The quantitative estimate of drug-likeness (QED) is 0.559. The van der Waals surface area contributed by atoms with E-state index in [0.717, 1.165) is 13.1 Å². The number of hydrogen-bond donors (Lipinski definition) is 1. The second-order valence-corrected chi connectivity index (χ2v) is 3.07. The lowest BCUT2D eigenvalue weighted by Crippen LogP contribution is -2.09. The maximum absolute atomic E-state index is 4.90. The summed E-state index contributed by atoms with van der Waals surface area (Å²) in [6, 6.07) is 0. The van der Waals surface area contributed by atoms with E-state index < -0.39 is 0 Å². The number of nitrogens with one attached hydrogen (secondary N) is 1. The first-order chi connectivity index (χ1) is 3.93. The Morgan fingerprint density at radius 1 is 1.75 bits per heavy atom. The van der Waals surface area contributed by atoms with Crippen molar-refractivity contribution in [1.82, 2.24) is 5.32 Å². The fourth-order valence-corrected chi connectivity index (χ4v) is 1.52. The van der Waals surface area contributed by atoms with Crippen LogP contribution < -0.4 is 5.32 Å². The Labute approximate surface area is 54.2 Å². The Bertz CT molecular complexity index is 63.4. The van der Waals surface area contributed by atoms with E-state index in [9.17, 15) is 0 Å². The van der Waals surface area contributed by atoms with Crippen molar-refractivity contribution in [2.24, 2.45) is 0 Å². The van der Waals surface area contributed by atoms with E-state index in [0.29, 0.717) is 5.25 Å². The van der Waals surface area contributed by atoms with Crippen LogP contribution in [0.3, 0.4) is 0 Å². The average molecular weight is 133 g/mol. The summed E-state index contributed by atoms with van der Waals surface area (Å²) in [6.07, 6.45) is 1.25. The monoisotopic (exact) mass is 133 g/mol. The largest absolute Gasteiger partial charge is 0.318 e. The van der Waals surface area contributed by atoms with Crippen LogP contribution in [0.5, 0.6) is 0 Å². The van der Waals surface area contributed by atoms with Crippen molar-refractivity contribution in [3.8, 4) is 0 Å². The van der Waals surface area contributed by atoms with E-state index in [1.807, 2.05) is 0 Å². The van der Waals surface area contributed by atoms with E-state index in [4.69, 9.17) is 4.18 Å². The molecular weight excluding hydrogens is 122 g/mol. The van der Waals surface area contributed by atoms with Gasteiger partial charge in [0.1, 0.15) is 0 Å². The first-order valence-electron chi connectivity index (χ1n) is 2.83. The molecule has 0 saturated carbocycles. The van der Waals surface area contributed by atoms with Crippen LogP contribution in [-0.2, 0) is 4.18 Å². The van der Waals surface area contributed by atoms with Crippen LogP contribution in [0.1, 0.15) is 6.42 Å². The van der Waals surface area contributed by atoms with Gasteiger partial charge in [-0.15, -0.1) is 0 Å². The van der Waals surface area contributed by atoms with Gasteiger partial charge in [0, 0.05) is 11.8 Å². The molecule has 0 aromatic heterocycles. The Morgan fingerprint density at radius 2 is 2.62 bits per heavy atom. The highest BCUT2D eigenvalue weighted by atomic mass is 32.2. The van der Waals surface area contributed by atoms with Gasteiger partial charge in [-0.1, -0.05) is 0 Å². The molecule has 3 heteroatoms. The molecule has 48 valence electrons. The fraction of sp³-hybridized carbons (Fsp3) is 1.00. The van der Waals surface area contributed by atoms with Crippen LogP contribution >= 0.6 is 12.0 Å². The lowest BCUT2D eigenvalue weighted by Gasteiger charge is -2.01. The molecule has 0 spiro atoms. The van der Waals surface area contributed by atoms with Gasteiger partial charge >= 0.3 is 0 Å². The van der Waals surface area contributed by atoms with Crippen molar-refractivity contribution in [2.45, 2.75) is 11.7 Å². The predicted octanol–water partition coefficient (Wildman–Crippen LogP) is 0.643. The summed E-state index contributed by atoms with van der Waals surface area (Å²) in [6.45, 7) is 2.26. The minimum absolute atomic E-state index is 0.694. The molecule has 1 unspecified atom stereocenters. The van der Waals surface area contributed by atoms with E-state index in [-0.39, 0.29) is 0 Å². The Hall–Kier alpha value is 0.270. The van der Waals surface area contributed by atoms with Gasteiger partial charge in [0.05, 0.1) is 7.11 Å². The van der Waals surface area contributed by atoms with E-state index in [1.165, 1.54) is 6.42 Å². The van der Waals surface area contributed by atoms with Crippen LogP contribution in [0, 0.1) is 0 Å². The molecule has 1 aliphatic heterocycles. The molecule has 0 amide bonds. The molecule has 1 fully saturated rings. The Kier molecular flexibility index (Phi) is 2.66. The lowest BCUT2D eigenvalue weighted by molar-refractivity contribution is 0.484. The van der Waals surface area contributed by atoms with Gasteiger partial charge in [-0.3, -0.25) is 0 Å². The summed E-state index contributed by atoms with van der Waals surface area (Å²) >= 11 is 1.58. The summed E-state index contributed by atoms with van der Waals surface area (Å²) < 4.78 is 4.90. The summed E-state index contributed by atoms with van der Waals surface area (Å²) in [4.78, 5) is 0. The topological polar surface area (TPSA) is 21.3 Å². The predicted molar refractivity (Wildman–Crippen MR) is 35.9 cm³/mol. The van der Waals surface area contributed by atoms with Crippen molar-refractivity contribution in [2.75, 3.05) is 20.2 Å². The second kappa shape index (κ2) is 3.33. The first kappa shape index (κ1) is 6.39. The van der Waals surface area contributed by atoms with Crippen molar-refractivity contribution in [3.63, 3.8) is 0 Å². The molecule has 1 heterocycles. The normalized spacial score (nSPS) is 28.9. The van der Waals surface area contributed by atoms with E-state index in [2.05, 4.69) is 5.32 Å². The Balaban J connectivity index is 2.06. The number of rotatable bonds is 2. The van der Waals surface area contributed by atoms with Gasteiger partial charge in [-0.2, -0.15) is 0 Å². The van der Waals surface area contributed by atoms with Crippen LogP contribution in [0.2, 0.25) is 0 Å². The van der Waals surface area contributed by atoms with Gasteiger partial charge in [-0.25, -0.2) is 0 Å². The maximum Gasteiger partial charge on any atom is 0.0503 e. The highest BCUT2D eigenvalue weighted by Gasteiger charge is 2.13. The smallest absolute Gasteiger partial charge is 0.0503 e. The van der Waals surface area contributed by atoms with Crippen LogP contribution in [0.25, 0.3) is 0 Å². The zero-order valence-electron chi connectivity index (χ0n) is 5.02. The zero-order valence-corrected chi connectivity index (χ0v) is 5.83. The van der Waals surface area contributed by atoms with Gasteiger partial charge in [0.15, 0.2) is 0 Å². The third kappa shape index (κ3) is 1.65. The van der Waals surface area contributed by atoms with Crippen molar-refractivity contribution in [1.29, 1.82) is 0 Å². The third-order valence-electron chi connectivity index (χ3n) is 1.25. The van der Waals surface area contributed by atoms with Gasteiger partial charge in [-0.05, 0) is 25.0 Å². The zero-order chi connectivity index (χ0) is 5.82. The second-order valence-electron chi connectivity index (χ2n) is 1.88. The van der Waals surface area contributed by atoms with Gasteiger partial charge < -0.3 is 9.50 Å². The molecule has 0 bridgehead atoms. The third-order valence-corrected chi connectivity index (χ3v) is 2.11.